The molecule has 1 heterocycles. The van der Waals surface area contributed by atoms with Crippen LogP contribution in [-0.4, -0.2) is 4.57 Å². The molecule has 0 bridgehead atoms. The summed E-state index contributed by atoms with van der Waals surface area (Å²) in [5.74, 6) is 0. The fourth-order valence-electron chi connectivity index (χ4n) is 6.74. The number of nitrogens with one attached hydrogen (secondary N) is 1. The van der Waals surface area contributed by atoms with Gasteiger partial charge in [-0.15, -0.1) is 0 Å². The Morgan fingerprint density at radius 3 is 1.69 bits per heavy atom. The molecule has 1 N–H and O–H groups in total. The van der Waals surface area contributed by atoms with Crippen LogP contribution in [0.2, 0.25) is 0 Å². The summed E-state index contributed by atoms with van der Waals surface area (Å²) in [5, 5.41) is 6.23. The van der Waals surface area contributed by atoms with Crippen LogP contribution in [0.5, 0.6) is 0 Å². The zero-order valence-electron chi connectivity index (χ0n) is 27.2. The van der Waals surface area contributed by atoms with E-state index in [-0.39, 0.29) is 0 Å². The molecule has 0 aliphatic rings. The minimum absolute atomic E-state index is 1.05. The monoisotopic (exact) mass is 616 g/mol. The fourth-order valence-corrected chi connectivity index (χ4v) is 6.74. The lowest BCUT2D eigenvalue weighted by Gasteiger charge is -2.15. The SMILES string of the molecule is Cc1ccc(/C=C(/c2ccc(Nc3ccccc3-c3ccccc3C)cc2)c2ccc(-n3c4ccccc4c4ccccc43)cc2)cc1. The number of nitrogens with zero attached hydrogens (tertiary/aromatic N) is 1. The van der Waals surface area contributed by atoms with Gasteiger partial charge in [0, 0.05) is 33.4 Å². The summed E-state index contributed by atoms with van der Waals surface area (Å²) in [6.45, 7) is 4.29. The Morgan fingerprint density at radius 1 is 0.500 bits per heavy atom. The number of fused-ring (bicyclic) bond motifs is 3. The number of para-hydroxylation sites is 3. The molecule has 8 rings (SSSR count). The third-order valence-electron chi connectivity index (χ3n) is 9.24. The molecule has 0 radical (unpaired) electrons. The van der Waals surface area contributed by atoms with Crippen LogP contribution in [0.15, 0.2) is 170 Å². The van der Waals surface area contributed by atoms with Gasteiger partial charge in [0.2, 0.25) is 0 Å². The highest BCUT2D eigenvalue weighted by molar-refractivity contribution is 6.09. The first-order valence-electron chi connectivity index (χ1n) is 16.5. The predicted octanol–water partition coefficient (Wildman–Crippen LogP) is 12.4. The van der Waals surface area contributed by atoms with Gasteiger partial charge in [-0.2, -0.15) is 0 Å². The number of hydrogen-bond acceptors (Lipinski definition) is 1. The van der Waals surface area contributed by atoms with E-state index in [0.717, 1.165) is 22.6 Å². The first-order chi connectivity index (χ1) is 23.6. The van der Waals surface area contributed by atoms with Gasteiger partial charge in [-0.1, -0.05) is 133 Å². The van der Waals surface area contributed by atoms with E-state index in [2.05, 4.69) is 200 Å². The van der Waals surface area contributed by atoms with Crippen molar-refractivity contribution in [1.82, 2.24) is 4.57 Å². The molecule has 0 atom stereocenters. The van der Waals surface area contributed by atoms with Crippen molar-refractivity contribution in [3.8, 4) is 16.8 Å². The van der Waals surface area contributed by atoms with Gasteiger partial charge in [-0.25, -0.2) is 0 Å². The molecule has 1 aromatic heterocycles. The van der Waals surface area contributed by atoms with E-state index >= 15 is 0 Å². The number of benzene rings is 7. The molecular weight excluding hydrogens is 581 g/mol. The van der Waals surface area contributed by atoms with E-state index in [9.17, 15) is 0 Å². The van der Waals surface area contributed by atoms with E-state index < -0.39 is 0 Å². The Kier molecular flexibility index (Phi) is 7.68. The Morgan fingerprint density at radius 2 is 1.04 bits per heavy atom. The minimum Gasteiger partial charge on any atom is -0.355 e. The van der Waals surface area contributed by atoms with E-state index in [1.807, 2.05) is 0 Å². The molecule has 8 aromatic rings. The molecule has 0 amide bonds. The Balaban J connectivity index is 1.16. The van der Waals surface area contributed by atoms with Gasteiger partial charge in [0.1, 0.15) is 0 Å². The van der Waals surface area contributed by atoms with Crippen molar-refractivity contribution < 1.29 is 0 Å². The van der Waals surface area contributed by atoms with Crippen molar-refractivity contribution in [2.75, 3.05) is 5.32 Å². The molecule has 48 heavy (non-hydrogen) atoms. The van der Waals surface area contributed by atoms with Gasteiger partial charge in [-0.3, -0.25) is 0 Å². The summed E-state index contributed by atoms with van der Waals surface area (Å²) in [6, 6.07) is 60.9. The number of hydrogen-bond donors (Lipinski definition) is 1. The Labute approximate surface area is 282 Å². The van der Waals surface area contributed by atoms with Gasteiger partial charge in [-0.05, 0) is 95.8 Å². The van der Waals surface area contributed by atoms with Gasteiger partial charge in [0.05, 0.1) is 11.0 Å². The maximum atomic E-state index is 3.69. The van der Waals surface area contributed by atoms with E-state index in [1.165, 1.54) is 60.8 Å². The van der Waals surface area contributed by atoms with Gasteiger partial charge in [0.25, 0.3) is 0 Å². The highest BCUT2D eigenvalue weighted by atomic mass is 15.0. The number of rotatable bonds is 7. The zero-order chi connectivity index (χ0) is 32.5. The first kappa shape index (κ1) is 29.3. The van der Waals surface area contributed by atoms with Crippen molar-refractivity contribution in [3.05, 3.63) is 198 Å². The summed E-state index contributed by atoms with van der Waals surface area (Å²) in [5.41, 5.74) is 15.4. The summed E-state index contributed by atoms with van der Waals surface area (Å²) >= 11 is 0. The molecule has 7 aromatic carbocycles. The quantitative estimate of drug-likeness (QED) is 0.176. The highest BCUT2D eigenvalue weighted by Gasteiger charge is 2.13. The van der Waals surface area contributed by atoms with Crippen LogP contribution in [0.1, 0.15) is 27.8 Å². The van der Waals surface area contributed by atoms with Crippen LogP contribution in [0.4, 0.5) is 11.4 Å². The summed E-state index contributed by atoms with van der Waals surface area (Å²) < 4.78 is 2.37. The van der Waals surface area contributed by atoms with Gasteiger partial charge in [0.15, 0.2) is 0 Å². The highest BCUT2D eigenvalue weighted by Crippen LogP contribution is 2.35. The average molecular weight is 617 g/mol. The molecular formula is C46H36N2. The third kappa shape index (κ3) is 5.59. The van der Waals surface area contributed by atoms with Crippen LogP contribution in [0.25, 0.3) is 50.3 Å². The molecule has 2 heteroatoms. The lowest BCUT2D eigenvalue weighted by Crippen LogP contribution is -1.96. The van der Waals surface area contributed by atoms with Gasteiger partial charge < -0.3 is 9.88 Å². The Hall–Kier alpha value is -6.12. The summed E-state index contributed by atoms with van der Waals surface area (Å²) in [7, 11) is 0. The molecule has 0 unspecified atom stereocenters. The molecule has 0 aliphatic carbocycles. The van der Waals surface area contributed by atoms with Crippen LogP contribution >= 0.6 is 0 Å². The Bertz CT molecular complexity index is 2350. The minimum atomic E-state index is 1.05. The first-order valence-corrected chi connectivity index (χ1v) is 16.5. The normalized spacial score (nSPS) is 11.7. The van der Waals surface area contributed by atoms with Crippen molar-refractivity contribution in [2.24, 2.45) is 0 Å². The maximum absolute atomic E-state index is 3.69. The number of anilines is 2. The molecule has 0 aliphatic heterocycles. The third-order valence-corrected chi connectivity index (χ3v) is 9.24. The molecule has 0 saturated heterocycles. The molecule has 0 spiro atoms. The van der Waals surface area contributed by atoms with Gasteiger partial charge >= 0.3 is 0 Å². The standard InChI is InChI=1S/C46H36N2/c1-32-19-21-34(22-20-32)31-43(35-23-27-37(28-24-35)47-44-16-8-5-13-40(44)39-12-4-3-11-33(39)2)36-25-29-38(30-26-36)48-45-17-9-6-14-41(45)42-15-7-10-18-46(42)48/h3-31,47H,1-2H3/b43-31-. The van der Waals surface area contributed by atoms with Crippen molar-refractivity contribution >= 4 is 44.8 Å². The van der Waals surface area contributed by atoms with E-state index in [1.54, 1.807) is 0 Å². The fraction of sp³-hybridized carbons (Fsp3) is 0.0435. The average Bonchev–Trinajstić information content (AvgIpc) is 3.47. The van der Waals surface area contributed by atoms with Crippen LogP contribution in [0, 0.1) is 13.8 Å². The summed E-state index contributed by atoms with van der Waals surface area (Å²) in [4.78, 5) is 0. The summed E-state index contributed by atoms with van der Waals surface area (Å²) in [6.07, 6.45) is 2.30. The van der Waals surface area contributed by atoms with E-state index in [0.29, 0.717) is 0 Å². The second kappa shape index (κ2) is 12.6. The van der Waals surface area contributed by atoms with Crippen molar-refractivity contribution in [1.29, 1.82) is 0 Å². The molecule has 2 nitrogen and oxygen atoms in total. The van der Waals surface area contributed by atoms with Crippen molar-refractivity contribution in [3.63, 3.8) is 0 Å². The smallest absolute Gasteiger partial charge is 0.0541 e. The van der Waals surface area contributed by atoms with Crippen LogP contribution < -0.4 is 5.32 Å². The van der Waals surface area contributed by atoms with Crippen LogP contribution in [0.3, 0.4) is 0 Å². The molecule has 0 saturated carbocycles. The van der Waals surface area contributed by atoms with Crippen LogP contribution in [-0.2, 0) is 0 Å². The second-order valence-electron chi connectivity index (χ2n) is 12.4. The number of aryl methyl sites for hydroxylation is 2. The lowest BCUT2D eigenvalue weighted by molar-refractivity contribution is 1.18. The molecule has 230 valence electrons. The topological polar surface area (TPSA) is 17.0 Å². The largest absolute Gasteiger partial charge is 0.355 e. The zero-order valence-corrected chi connectivity index (χ0v) is 27.2. The lowest BCUT2D eigenvalue weighted by atomic mass is 9.95. The second-order valence-corrected chi connectivity index (χ2v) is 12.4. The molecule has 0 fully saturated rings. The number of aromatic nitrogens is 1. The van der Waals surface area contributed by atoms with E-state index in [4.69, 9.17) is 0 Å². The predicted molar refractivity (Wildman–Crippen MR) is 205 cm³/mol. The maximum Gasteiger partial charge on any atom is 0.0541 e. The van der Waals surface area contributed by atoms with Crippen molar-refractivity contribution in [2.45, 2.75) is 13.8 Å².